The van der Waals surface area contributed by atoms with Gasteiger partial charge in [-0.3, -0.25) is 4.79 Å². The van der Waals surface area contributed by atoms with Crippen molar-refractivity contribution in [3.8, 4) is 0 Å². The van der Waals surface area contributed by atoms with E-state index >= 15 is 0 Å². The van der Waals surface area contributed by atoms with Gasteiger partial charge in [-0.15, -0.1) is 0 Å². The number of aryl methyl sites for hydroxylation is 1. The number of alkyl halides is 2. The summed E-state index contributed by atoms with van der Waals surface area (Å²) in [4.78, 5) is 28.6. The van der Waals surface area contributed by atoms with Crippen LogP contribution in [0.2, 0.25) is 0 Å². The first-order valence-electron chi connectivity index (χ1n) is 14.6. The maximum atomic E-state index is 13.7. The molecule has 0 spiro atoms. The predicted molar refractivity (Wildman–Crippen MR) is 175 cm³/mol. The third kappa shape index (κ3) is 8.00. The van der Waals surface area contributed by atoms with Gasteiger partial charge in [0.25, 0.3) is 5.92 Å². The third-order valence-corrected chi connectivity index (χ3v) is 7.69. The molecule has 0 saturated heterocycles. The largest absolute Gasteiger partial charge is 0.405 e. The fourth-order valence-electron chi connectivity index (χ4n) is 5.00. The molecule has 7 N–H and O–H groups in total. The number of carbonyl (C=O) groups is 1. The first kappa shape index (κ1) is 32.2. The van der Waals surface area contributed by atoms with E-state index in [1.807, 2.05) is 43.1 Å². The van der Waals surface area contributed by atoms with Gasteiger partial charge < -0.3 is 32.3 Å². The minimum Gasteiger partial charge on any atom is -0.405 e. The monoisotopic (exact) mass is 605 g/mol. The fourth-order valence-corrected chi connectivity index (χ4v) is 5.00. The van der Waals surface area contributed by atoms with Crippen LogP contribution in [0.5, 0.6) is 0 Å². The van der Waals surface area contributed by atoms with Crippen molar-refractivity contribution in [1.82, 2.24) is 10.2 Å². The van der Waals surface area contributed by atoms with Crippen LogP contribution in [0.3, 0.4) is 0 Å². The molecule has 1 aromatic carbocycles. The van der Waals surface area contributed by atoms with E-state index in [1.165, 1.54) is 12.3 Å². The van der Waals surface area contributed by atoms with Crippen molar-refractivity contribution in [1.29, 1.82) is 0 Å². The van der Waals surface area contributed by atoms with E-state index in [0.717, 1.165) is 35.9 Å². The quantitative estimate of drug-likeness (QED) is 0.232. The molecule has 0 fully saturated rings. The molecule has 234 valence electrons. The zero-order valence-corrected chi connectivity index (χ0v) is 25.6. The molecule has 2 heterocycles. The standard InChI is InChI=1S/C32H41F2N9O/c1-5-21(8-7-15-35)17-38-31-41-27-28(29(36)42-31)43(4)19-39-30(27)40-25-16-24(14-11-20(25)2)37-18-26(44)22-9-6-10-23(13-12-22)32(3,33)34/h6-11,14-16,19,22,28,37,40H,5,12-13,17-18,35H2,1-4H3,(H3,36,38,41,42)/b15-7-,21-8+. The van der Waals surface area contributed by atoms with Crippen molar-refractivity contribution in [2.75, 3.05) is 30.8 Å². The van der Waals surface area contributed by atoms with Gasteiger partial charge in [0.2, 0.25) is 5.96 Å². The lowest BCUT2D eigenvalue weighted by Crippen LogP contribution is -2.49. The number of nitrogens with zero attached hydrogens (tertiary/aromatic N) is 4. The Labute approximate surface area is 257 Å². The number of guanidine groups is 1. The number of benzene rings is 1. The summed E-state index contributed by atoms with van der Waals surface area (Å²) in [6.45, 7) is 5.50. The van der Waals surface area contributed by atoms with Crippen LogP contribution < -0.4 is 27.4 Å². The van der Waals surface area contributed by atoms with Crippen molar-refractivity contribution in [2.45, 2.75) is 52.0 Å². The predicted octanol–water partition coefficient (Wildman–Crippen LogP) is 4.57. The zero-order valence-electron chi connectivity index (χ0n) is 25.6. The number of Topliss-reactive ketones (excluding diaryl/α,β-unsaturated/α-hetero) is 1. The number of hydrogen-bond acceptors (Lipinski definition) is 10. The summed E-state index contributed by atoms with van der Waals surface area (Å²) < 4.78 is 27.5. The lowest BCUT2D eigenvalue weighted by atomic mass is 9.95. The van der Waals surface area contributed by atoms with E-state index in [4.69, 9.17) is 16.5 Å². The summed E-state index contributed by atoms with van der Waals surface area (Å²) in [7, 11) is 1.86. The Hall–Kier alpha value is -4.74. The summed E-state index contributed by atoms with van der Waals surface area (Å²) in [6.07, 6.45) is 12.9. The van der Waals surface area contributed by atoms with Gasteiger partial charge in [0, 0.05) is 37.8 Å². The number of amidine groups is 1. The molecule has 44 heavy (non-hydrogen) atoms. The van der Waals surface area contributed by atoms with E-state index in [-0.39, 0.29) is 24.3 Å². The smallest absolute Gasteiger partial charge is 0.266 e. The van der Waals surface area contributed by atoms with Crippen LogP contribution >= 0.6 is 0 Å². The summed E-state index contributed by atoms with van der Waals surface area (Å²) in [5, 5.41) is 9.83. The minimum absolute atomic E-state index is 0.0427. The van der Waals surface area contributed by atoms with Crippen LogP contribution in [0.4, 0.5) is 20.2 Å². The molecule has 0 aromatic heterocycles. The number of carbonyl (C=O) groups excluding carboxylic acids is 1. The highest BCUT2D eigenvalue weighted by Crippen LogP contribution is 2.31. The molecule has 0 saturated carbocycles. The number of rotatable bonds is 11. The van der Waals surface area contributed by atoms with E-state index in [2.05, 4.69) is 32.9 Å². The number of anilines is 2. The zero-order chi connectivity index (χ0) is 31.9. The molecular formula is C32H41F2N9O. The van der Waals surface area contributed by atoms with Gasteiger partial charge in [0.1, 0.15) is 17.6 Å². The van der Waals surface area contributed by atoms with Crippen LogP contribution in [0, 0.1) is 12.8 Å². The van der Waals surface area contributed by atoms with Crippen molar-refractivity contribution in [3.63, 3.8) is 0 Å². The van der Waals surface area contributed by atoms with Gasteiger partial charge in [-0.25, -0.2) is 18.8 Å². The first-order chi connectivity index (χ1) is 21.0. The molecule has 2 aliphatic heterocycles. The van der Waals surface area contributed by atoms with E-state index in [9.17, 15) is 13.6 Å². The van der Waals surface area contributed by atoms with E-state index in [1.54, 1.807) is 24.6 Å². The van der Waals surface area contributed by atoms with Crippen molar-refractivity contribution in [2.24, 2.45) is 32.4 Å². The second-order valence-electron chi connectivity index (χ2n) is 11.0. The average Bonchev–Trinajstić information content (AvgIpc) is 3.26. The van der Waals surface area contributed by atoms with Crippen molar-refractivity contribution < 1.29 is 13.6 Å². The average molecular weight is 606 g/mol. The summed E-state index contributed by atoms with van der Waals surface area (Å²) in [5.41, 5.74) is 16.1. The molecule has 10 nitrogen and oxygen atoms in total. The number of nitrogens with one attached hydrogen (secondary N) is 3. The number of ketones is 1. The molecule has 1 aliphatic carbocycles. The first-order valence-corrected chi connectivity index (χ1v) is 14.6. The molecule has 0 radical (unpaired) electrons. The number of allylic oxidation sites excluding steroid dienone is 6. The van der Waals surface area contributed by atoms with Crippen LogP contribution in [-0.2, 0) is 4.79 Å². The Balaban J connectivity index is 1.48. The van der Waals surface area contributed by atoms with Gasteiger partial charge >= 0.3 is 0 Å². The molecule has 0 bridgehead atoms. The molecule has 0 amide bonds. The third-order valence-electron chi connectivity index (χ3n) is 7.69. The van der Waals surface area contributed by atoms with E-state index < -0.39 is 17.9 Å². The normalized spacial score (nSPS) is 20.5. The summed E-state index contributed by atoms with van der Waals surface area (Å²) >= 11 is 0. The molecule has 12 heteroatoms. The highest BCUT2D eigenvalue weighted by atomic mass is 19.3. The van der Waals surface area contributed by atoms with Gasteiger partial charge in [0.15, 0.2) is 11.6 Å². The SMILES string of the molecule is CC/C(=C\C=C/N)CNC1=NC2=C(Nc3cc(NCC(=O)C4C=CC=C(C(C)(F)F)CC4)ccc3C)N=CN(C)C2C(N)=N1. The highest BCUT2D eigenvalue weighted by molar-refractivity contribution is 6.04. The van der Waals surface area contributed by atoms with Crippen LogP contribution in [0.1, 0.15) is 38.7 Å². The molecule has 2 atom stereocenters. The highest BCUT2D eigenvalue weighted by Gasteiger charge is 2.33. The molecule has 4 rings (SSSR count). The Morgan fingerprint density at radius 3 is 2.75 bits per heavy atom. The number of likely N-dealkylation sites (N-methyl/N-ethyl adjacent to an activating group) is 1. The number of nitrogens with two attached hydrogens (primary N) is 2. The Bertz CT molecular complexity index is 1500. The number of hydrogen-bond donors (Lipinski definition) is 5. The summed E-state index contributed by atoms with van der Waals surface area (Å²) in [5.74, 6) is -2.09. The second kappa shape index (κ2) is 14.2. The fraction of sp³-hybridized carbons (Fsp3) is 0.375. The molecular weight excluding hydrogens is 564 g/mol. The lowest BCUT2D eigenvalue weighted by molar-refractivity contribution is -0.120. The van der Waals surface area contributed by atoms with Crippen LogP contribution in [0.15, 0.2) is 92.4 Å². The second-order valence-corrected chi connectivity index (χ2v) is 11.0. The van der Waals surface area contributed by atoms with Crippen LogP contribution in [0.25, 0.3) is 0 Å². The summed E-state index contributed by atoms with van der Waals surface area (Å²) in [6, 6.07) is 5.32. The van der Waals surface area contributed by atoms with Gasteiger partial charge in [0.05, 0.1) is 12.9 Å². The molecule has 2 unspecified atom stereocenters. The maximum absolute atomic E-state index is 13.7. The number of halogens is 2. The van der Waals surface area contributed by atoms with Gasteiger partial charge in [-0.2, -0.15) is 4.99 Å². The van der Waals surface area contributed by atoms with Crippen molar-refractivity contribution >= 4 is 35.3 Å². The molecule has 3 aliphatic rings. The van der Waals surface area contributed by atoms with E-state index in [0.29, 0.717) is 36.3 Å². The number of aliphatic imine (C=N–C) groups is 3. The Morgan fingerprint density at radius 2 is 2.02 bits per heavy atom. The Morgan fingerprint density at radius 1 is 1.23 bits per heavy atom. The van der Waals surface area contributed by atoms with Gasteiger partial charge in [-0.1, -0.05) is 42.9 Å². The molecule has 1 aromatic rings. The topological polar surface area (TPSA) is 146 Å². The van der Waals surface area contributed by atoms with Gasteiger partial charge in [-0.05, 0) is 61.7 Å². The number of fused-ring (bicyclic) bond motifs is 1. The minimum atomic E-state index is -2.89. The Kier molecular flexibility index (Phi) is 10.4. The maximum Gasteiger partial charge on any atom is 0.266 e. The lowest BCUT2D eigenvalue weighted by Gasteiger charge is -2.33. The van der Waals surface area contributed by atoms with Crippen LogP contribution in [-0.4, -0.2) is 60.9 Å². The van der Waals surface area contributed by atoms with Crippen molar-refractivity contribution in [3.05, 3.63) is 83.0 Å².